The number of hydrogen-bond donors (Lipinski definition) is 1. The number of rotatable bonds is 8. The van der Waals surface area contributed by atoms with Crippen LogP contribution in [0.2, 0.25) is 0 Å². The van der Waals surface area contributed by atoms with E-state index in [4.69, 9.17) is 4.74 Å². The molecule has 35 heavy (non-hydrogen) atoms. The van der Waals surface area contributed by atoms with Crippen LogP contribution in [0.25, 0.3) is 5.69 Å². The zero-order valence-corrected chi connectivity index (χ0v) is 20.6. The number of nitrogens with zero attached hydrogens (tertiary/aromatic N) is 3. The Labute approximate surface area is 206 Å². The highest BCUT2D eigenvalue weighted by molar-refractivity contribution is 6.01. The number of carboxylic acid groups (broad SMARTS) is 1. The van der Waals surface area contributed by atoms with E-state index in [1.807, 2.05) is 68.4 Å². The molecule has 0 saturated heterocycles. The molecule has 1 saturated carbocycles. The molecule has 7 nitrogen and oxygen atoms in total. The number of ether oxygens (including phenoxy) is 1. The first-order valence-corrected chi connectivity index (χ1v) is 12.3. The molecule has 0 aliphatic heterocycles. The highest BCUT2D eigenvalue weighted by atomic mass is 16.5. The highest BCUT2D eigenvalue weighted by Gasteiger charge is 2.34. The molecule has 1 aliphatic carbocycles. The van der Waals surface area contributed by atoms with Gasteiger partial charge in [0.1, 0.15) is 17.9 Å². The smallest absolute Gasteiger partial charge is 0.341 e. The lowest BCUT2D eigenvalue weighted by atomic mass is 9.82. The molecular weight excluding hydrogens is 442 g/mol. The Bertz CT molecular complexity index is 1150. The molecule has 4 rings (SSSR count). The lowest BCUT2D eigenvalue weighted by molar-refractivity contribution is -0.124. The van der Waals surface area contributed by atoms with Gasteiger partial charge in [0.15, 0.2) is 5.82 Å². The van der Waals surface area contributed by atoms with Gasteiger partial charge in [-0.05, 0) is 75.3 Å². The third-order valence-electron chi connectivity index (χ3n) is 6.62. The minimum absolute atomic E-state index is 0.0210. The summed E-state index contributed by atoms with van der Waals surface area (Å²) in [5, 5.41) is 14.5. The summed E-state index contributed by atoms with van der Waals surface area (Å²) in [6.07, 6.45) is 5.18. The predicted molar refractivity (Wildman–Crippen MR) is 135 cm³/mol. The second-order valence-electron chi connectivity index (χ2n) is 9.64. The minimum Gasteiger partial charge on any atom is -0.489 e. The van der Waals surface area contributed by atoms with Gasteiger partial charge in [-0.2, -0.15) is 0 Å². The largest absolute Gasteiger partial charge is 0.489 e. The van der Waals surface area contributed by atoms with Gasteiger partial charge in [-0.25, -0.2) is 9.48 Å². The standard InChI is InChI=1S/C28H33N3O4/c1-19(2)31(27(32)22-13-9-20(3)10-14-22)26-25(28(33)34)17-30(29-26)23-15-11-21(12-16-23)18-35-24-7-5-4-6-8-24/h4-8,11-12,15-17,19-20,22H,9-10,13-14,18H2,1-3H3,(H,33,34). The fraction of sp³-hybridized carbons (Fsp3) is 0.393. The molecule has 1 fully saturated rings. The van der Waals surface area contributed by atoms with E-state index >= 15 is 0 Å². The Morgan fingerprint density at radius 2 is 1.71 bits per heavy atom. The lowest BCUT2D eigenvalue weighted by Gasteiger charge is -2.32. The number of carboxylic acids is 1. The Hall–Kier alpha value is -3.61. The van der Waals surface area contributed by atoms with Gasteiger partial charge >= 0.3 is 5.97 Å². The number of amides is 1. The molecule has 2 aromatic carbocycles. The third kappa shape index (κ3) is 5.73. The number of aromatic carboxylic acids is 1. The van der Waals surface area contributed by atoms with Crippen LogP contribution in [0.1, 0.15) is 62.4 Å². The quantitative estimate of drug-likeness (QED) is 0.451. The molecule has 0 unspecified atom stereocenters. The van der Waals surface area contributed by atoms with Crippen LogP contribution in [0, 0.1) is 11.8 Å². The molecule has 1 aliphatic rings. The number of carbonyl (C=O) groups excluding carboxylic acids is 1. The van der Waals surface area contributed by atoms with Crippen molar-refractivity contribution < 1.29 is 19.4 Å². The molecule has 1 heterocycles. The zero-order valence-electron chi connectivity index (χ0n) is 20.6. The third-order valence-corrected chi connectivity index (χ3v) is 6.62. The van der Waals surface area contributed by atoms with Gasteiger partial charge in [0.25, 0.3) is 0 Å². The second kappa shape index (κ2) is 10.8. The van der Waals surface area contributed by atoms with E-state index in [9.17, 15) is 14.7 Å². The maximum atomic E-state index is 13.5. The lowest BCUT2D eigenvalue weighted by Crippen LogP contribution is -2.43. The number of aromatic nitrogens is 2. The first kappa shape index (κ1) is 24.5. The molecule has 1 amide bonds. The minimum atomic E-state index is -1.10. The van der Waals surface area contributed by atoms with Crippen molar-refractivity contribution >= 4 is 17.7 Å². The summed E-state index contributed by atoms with van der Waals surface area (Å²) in [7, 11) is 0. The van der Waals surface area contributed by atoms with Crippen LogP contribution in [0.15, 0.2) is 60.8 Å². The predicted octanol–water partition coefficient (Wildman–Crippen LogP) is 5.72. The summed E-state index contributed by atoms with van der Waals surface area (Å²) >= 11 is 0. The van der Waals surface area contributed by atoms with Crippen molar-refractivity contribution in [3.05, 3.63) is 71.9 Å². The fourth-order valence-corrected chi connectivity index (χ4v) is 4.56. The first-order valence-electron chi connectivity index (χ1n) is 12.3. The van der Waals surface area contributed by atoms with Crippen molar-refractivity contribution in [3.63, 3.8) is 0 Å². The van der Waals surface area contributed by atoms with Gasteiger partial charge in [-0.1, -0.05) is 37.3 Å². The second-order valence-corrected chi connectivity index (χ2v) is 9.64. The van der Waals surface area contributed by atoms with Crippen molar-refractivity contribution in [1.29, 1.82) is 0 Å². The van der Waals surface area contributed by atoms with Crippen LogP contribution in [0.4, 0.5) is 5.82 Å². The molecule has 0 radical (unpaired) electrons. The molecule has 184 valence electrons. The van der Waals surface area contributed by atoms with Crippen molar-refractivity contribution in [2.24, 2.45) is 11.8 Å². The first-order chi connectivity index (χ1) is 16.8. The average Bonchev–Trinajstić information content (AvgIpc) is 3.29. The van der Waals surface area contributed by atoms with Crippen LogP contribution in [0.5, 0.6) is 5.75 Å². The number of para-hydroxylation sites is 1. The molecule has 0 spiro atoms. The Kier molecular flexibility index (Phi) is 7.54. The summed E-state index contributed by atoms with van der Waals surface area (Å²) in [5.74, 6) is 0.395. The van der Waals surface area contributed by atoms with Gasteiger partial charge in [0, 0.05) is 18.2 Å². The molecule has 0 bridgehead atoms. The van der Waals surface area contributed by atoms with Crippen molar-refractivity contribution in [1.82, 2.24) is 9.78 Å². The van der Waals surface area contributed by atoms with Gasteiger partial charge in [0.2, 0.25) is 5.91 Å². The van der Waals surface area contributed by atoms with E-state index in [1.165, 1.54) is 10.9 Å². The zero-order chi connectivity index (χ0) is 24.9. The van der Waals surface area contributed by atoms with Crippen molar-refractivity contribution in [2.75, 3.05) is 4.90 Å². The summed E-state index contributed by atoms with van der Waals surface area (Å²) in [6.45, 7) is 6.43. The van der Waals surface area contributed by atoms with Gasteiger partial charge in [-0.3, -0.25) is 9.69 Å². The molecular formula is C28H33N3O4. The number of hydrogen-bond acceptors (Lipinski definition) is 4. The number of benzene rings is 2. The summed E-state index contributed by atoms with van der Waals surface area (Å²) < 4.78 is 7.33. The van der Waals surface area contributed by atoms with E-state index in [-0.39, 0.29) is 29.2 Å². The Morgan fingerprint density at radius 1 is 1.06 bits per heavy atom. The topological polar surface area (TPSA) is 84.7 Å². The molecule has 7 heteroatoms. The van der Waals surface area contributed by atoms with E-state index in [0.717, 1.165) is 37.0 Å². The SMILES string of the molecule is CC1CCC(C(=O)N(c2nn(-c3ccc(COc4ccccc4)cc3)cc2C(=O)O)C(C)C)CC1. The summed E-state index contributed by atoms with van der Waals surface area (Å²) in [4.78, 5) is 27.1. The van der Waals surface area contributed by atoms with Crippen molar-refractivity contribution in [3.8, 4) is 11.4 Å². The maximum Gasteiger partial charge on any atom is 0.341 e. The highest BCUT2D eigenvalue weighted by Crippen LogP contribution is 2.32. The van der Waals surface area contributed by atoms with Crippen LogP contribution in [-0.2, 0) is 11.4 Å². The Balaban J connectivity index is 1.56. The van der Waals surface area contributed by atoms with Crippen molar-refractivity contribution in [2.45, 2.75) is 59.1 Å². The van der Waals surface area contributed by atoms with Gasteiger partial charge < -0.3 is 9.84 Å². The van der Waals surface area contributed by atoms with Crippen LogP contribution >= 0.6 is 0 Å². The van der Waals surface area contributed by atoms with E-state index in [2.05, 4.69) is 12.0 Å². The van der Waals surface area contributed by atoms with Crippen LogP contribution in [0.3, 0.4) is 0 Å². The molecule has 3 aromatic rings. The Morgan fingerprint density at radius 3 is 2.31 bits per heavy atom. The fourth-order valence-electron chi connectivity index (χ4n) is 4.56. The molecule has 1 aromatic heterocycles. The average molecular weight is 476 g/mol. The van der Waals surface area contributed by atoms with E-state index in [1.54, 1.807) is 4.90 Å². The van der Waals surface area contributed by atoms with E-state index < -0.39 is 5.97 Å². The monoisotopic (exact) mass is 475 g/mol. The van der Waals surface area contributed by atoms with Crippen LogP contribution in [-0.4, -0.2) is 32.8 Å². The van der Waals surface area contributed by atoms with E-state index in [0.29, 0.717) is 18.2 Å². The molecule has 1 N–H and O–H groups in total. The van der Waals surface area contributed by atoms with Gasteiger partial charge in [0.05, 0.1) is 5.69 Å². The maximum absolute atomic E-state index is 13.5. The van der Waals surface area contributed by atoms with Gasteiger partial charge in [-0.15, -0.1) is 5.10 Å². The van der Waals surface area contributed by atoms with Crippen LogP contribution < -0.4 is 9.64 Å². The summed E-state index contributed by atoms with van der Waals surface area (Å²) in [5.41, 5.74) is 1.71. The summed E-state index contributed by atoms with van der Waals surface area (Å²) in [6, 6.07) is 17.0. The number of carbonyl (C=O) groups is 2. The number of anilines is 1. The normalized spacial score (nSPS) is 17.8. The molecule has 0 atom stereocenters.